The van der Waals surface area contributed by atoms with Crippen LogP contribution in [0.5, 0.6) is 0 Å². The maximum atomic E-state index is 12.3. The average Bonchev–Trinajstić information content (AvgIpc) is 2.90. The predicted octanol–water partition coefficient (Wildman–Crippen LogP) is 5.21. The Morgan fingerprint density at radius 1 is 1.26 bits per heavy atom. The van der Waals surface area contributed by atoms with Gasteiger partial charge >= 0.3 is 0 Å². The minimum Gasteiger partial charge on any atom is -0.302 e. The molecule has 3 rings (SSSR count). The Hall–Kier alpha value is -1.39. The summed E-state index contributed by atoms with van der Waals surface area (Å²) in [5, 5.41) is 4.48. The van der Waals surface area contributed by atoms with Crippen molar-refractivity contribution in [3.05, 3.63) is 45.4 Å². The number of carbonyl (C=O) groups excluding carboxylic acids is 1. The van der Waals surface area contributed by atoms with Gasteiger partial charge in [-0.15, -0.1) is 11.3 Å². The Bertz CT molecular complexity index is 675. The lowest BCUT2D eigenvalue weighted by Crippen LogP contribution is -2.24. The minimum atomic E-state index is 0.136. The number of benzene rings is 1. The van der Waals surface area contributed by atoms with Gasteiger partial charge in [0.2, 0.25) is 5.91 Å². The van der Waals surface area contributed by atoms with Crippen molar-refractivity contribution in [3.63, 3.8) is 0 Å². The van der Waals surface area contributed by atoms with Crippen molar-refractivity contribution in [2.24, 2.45) is 5.92 Å². The third-order valence-electron chi connectivity index (χ3n) is 4.38. The molecule has 23 heavy (non-hydrogen) atoms. The van der Waals surface area contributed by atoms with Gasteiger partial charge in [0.05, 0.1) is 5.69 Å². The topological polar surface area (TPSA) is 42.0 Å². The van der Waals surface area contributed by atoms with E-state index in [2.05, 4.69) is 10.3 Å². The van der Waals surface area contributed by atoms with E-state index in [0.717, 1.165) is 48.0 Å². The fraction of sp³-hybridized carbons (Fsp3) is 0.444. The Balaban J connectivity index is 1.65. The van der Waals surface area contributed by atoms with E-state index in [9.17, 15) is 4.79 Å². The number of nitrogens with zero attached hydrogens (tertiary/aromatic N) is 1. The van der Waals surface area contributed by atoms with Gasteiger partial charge in [-0.1, -0.05) is 43.0 Å². The van der Waals surface area contributed by atoms with Gasteiger partial charge in [0.25, 0.3) is 0 Å². The molecule has 1 heterocycles. The van der Waals surface area contributed by atoms with E-state index in [1.165, 1.54) is 16.9 Å². The molecular weight excluding hydrogens is 328 g/mol. The van der Waals surface area contributed by atoms with Crippen molar-refractivity contribution in [1.29, 1.82) is 0 Å². The lowest BCUT2D eigenvalue weighted by atomic mass is 9.89. The molecular formula is C18H21ClN2OS. The molecule has 0 atom stereocenters. The van der Waals surface area contributed by atoms with Crippen molar-refractivity contribution >= 4 is 34.0 Å². The van der Waals surface area contributed by atoms with Crippen LogP contribution in [-0.4, -0.2) is 10.9 Å². The molecule has 1 N–H and O–H groups in total. The number of halogens is 1. The van der Waals surface area contributed by atoms with E-state index >= 15 is 0 Å². The van der Waals surface area contributed by atoms with E-state index in [-0.39, 0.29) is 11.8 Å². The first-order valence-electron chi connectivity index (χ1n) is 8.13. The van der Waals surface area contributed by atoms with Crippen LogP contribution in [0.25, 0.3) is 0 Å². The van der Waals surface area contributed by atoms with Gasteiger partial charge in [-0.25, -0.2) is 4.98 Å². The molecule has 0 bridgehead atoms. The van der Waals surface area contributed by atoms with Crippen LogP contribution in [0.4, 0.5) is 5.13 Å². The molecule has 1 aromatic heterocycles. The zero-order chi connectivity index (χ0) is 16.2. The summed E-state index contributed by atoms with van der Waals surface area (Å²) in [4.78, 5) is 18.0. The number of carbonyl (C=O) groups is 1. The van der Waals surface area contributed by atoms with Crippen molar-refractivity contribution in [2.75, 3.05) is 5.32 Å². The van der Waals surface area contributed by atoms with Crippen molar-refractivity contribution in [2.45, 2.75) is 45.4 Å². The first-order valence-corrected chi connectivity index (χ1v) is 9.33. The van der Waals surface area contributed by atoms with E-state index in [0.29, 0.717) is 0 Å². The number of anilines is 1. The summed E-state index contributed by atoms with van der Waals surface area (Å²) in [5.74, 6) is 0.296. The molecule has 3 nitrogen and oxygen atoms in total. The molecule has 0 aliphatic heterocycles. The van der Waals surface area contributed by atoms with Crippen LogP contribution in [0.1, 0.15) is 48.2 Å². The lowest BCUT2D eigenvalue weighted by molar-refractivity contribution is -0.120. The van der Waals surface area contributed by atoms with Crippen molar-refractivity contribution in [3.8, 4) is 0 Å². The van der Waals surface area contributed by atoms with Crippen LogP contribution in [0.15, 0.2) is 24.3 Å². The fourth-order valence-electron chi connectivity index (χ4n) is 3.01. The number of nitrogens with one attached hydrogen (secondary N) is 1. The molecule has 1 aromatic carbocycles. The molecule has 122 valence electrons. The summed E-state index contributed by atoms with van der Waals surface area (Å²) in [6.07, 6.45) is 6.42. The van der Waals surface area contributed by atoms with E-state index < -0.39 is 0 Å². The Morgan fingerprint density at radius 3 is 2.65 bits per heavy atom. The first kappa shape index (κ1) is 16.5. The Labute approximate surface area is 146 Å². The Morgan fingerprint density at radius 2 is 1.96 bits per heavy atom. The number of hydrogen-bond donors (Lipinski definition) is 1. The average molecular weight is 349 g/mol. The summed E-state index contributed by atoms with van der Waals surface area (Å²) in [6, 6.07) is 7.86. The van der Waals surface area contributed by atoms with Crippen LogP contribution in [0.2, 0.25) is 5.02 Å². The maximum Gasteiger partial charge on any atom is 0.229 e. The summed E-state index contributed by atoms with van der Waals surface area (Å²) in [7, 11) is 0. The second kappa shape index (κ2) is 7.45. The number of amides is 1. The smallest absolute Gasteiger partial charge is 0.229 e. The molecule has 0 unspecified atom stereocenters. The third-order valence-corrected chi connectivity index (χ3v) is 5.70. The molecule has 0 saturated heterocycles. The van der Waals surface area contributed by atoms with Crippen molar-refractivity contribution in [1.82, 2.24) is 4.98 Å². The van der Waals surface area contributed by atoms with Gasteiger partial charge in [-0.3, -0.25) is 4.79 Å². The molecule has 1 aliphatic carbocycles. The maximum absolute atomic E-state index is 12.3. The van der Waals surface area contributed by atoms with Crippen LogP contribution >= 0.6 is 22.9 Å². The first-order chi connectivity index (χ1) is 11.1. The zero-order valence-corrected chi connectivity index (χ0v) is 14.8. The molecule has 1 amide bonds. The minimum absolute atomic E-state index is 0.136. The van der Waals surface area contributed by atoms with Gasteiger partial charge in [-0.2, -0.15) is 0 Å². The van der Waals surface area contributed by atoms with Crippen molar-refractivity contribution < 1.29 is 4.79 Å². The highest BCUT2D eigenvalue weighted by molar-refractivity contribution is 7.15. The number of aromatic nitrogens is 1. The van der Waals surface area contributed by atoms with Crippen LogP contribution in [-0.2, 0) is 11.2 Å². The number of aryl methyl sites for hydroxylation is 1. The quantitative estimate of drug-likeness (QED) is 0.823. The number of rotatable bonds is 4. The largest absolute Gasteiger partial charge is 0.302 e. The highest BCUT2D eigenvalue weighted by atomic mass is 35.5. The second-order valence-electron chi connectivity index (χ2n) is 6.16. The zero-order valence-electron chi connectivity index (χ0n) is 13.3. The molecule has 1 fully saturated rings. The van der Waals surface area contributed by atoms with Gasteiger partial charge in [-0.05, 0) is 37.5 Å². The van der Waals surface area contributed by atoms with Gasteiger partial charge in [0.1, 0.15) is 0 Å². The highest BCUT2D eigenvalue weighted by Crippen LogP contribution is 2.28. The molecule has 0 spiro atoms. The standard InChI is InChI=1S/C18H21ClN2OS/c1-12-16(11-13-7-9-15(19)10-8-13)23-18(20-12)21-17(22)14-5-3-2-4-6-14/h7-10,14H,2-6,11H2,1H3,(H,20,21,22). The molecule has 1 saturated carbocycles. The third kappa shape index (κ3) is 4.33. The number of thiazole rings is 1. The molecule has 0 radical (unpaired) electrons. The normalized spacial score (nSPS) is 15.6. The van der Waals surface area contributed by atoms with Gasteiger partial charge in [0.15, 0.2) is 5.13 Å². The lowest BCUT2D eigenvalue weighted by Gasteiger charge is -2.19. The summed E-state index contributed by atoms with van der Waals surface area (Å²) in [5.41, 5.74) is 2.19. The van der Waals surface area contributed by atoms with Crippen LogP contribution in [0, 0.1) is 12.8 Å². The van der Waals surface area contributed by atoms with Gasteiger partial charge < -0.3 is 5.32 Å². The Kier molecular flexibility index (Phi) is 5.34. The van der Waals surface area contributed by atoms with E-state index in [4.69, 9.17) is 11.6 Å². The SMILES string of the molecule is Cc1nc(NC(=O)C2CCCCC2)sc1Cc1ccc(Cl)cc1. The number of hydrogen-bond acceptors (Lipinski definition) is 3. The monoisotopic (exact) mass is 348 g/mol. The second-order valence-corrected chi connectivity index (χ2v) is 7.68. The molecule has 1 aliphatic rings. The van der Waals surface area contributed by atoms with E-state index in [1.807, 2.05) is 31.2 Å². The fourth-order valence-corrected chi connectivity index (χ4v) is 4.13. The van der Waals surface area contributed by atoms with E-state index in [1.54, 1.807) is 11.3 Å². The summed E-state index contributed by atoms with van der Waals surface area (Å²) >= 11 is 7.50. The van der Waals surface area contributed by atoms with Crippen LogP contribution in [0.3, 0.4) is 0 Å². The molecule has 5 heteroatoms. The summed E-state index contributed by atoms with van der Waals surface area (Å²) < 4.78 is 0. The van der Waals surface area contributed by atoms with Gasteiger partial charge in [0, 0.05) is 22.2 Å². The highest BCUT2D eigenvalue weighted by Gasteiger charge is 2.22. The van der Waals surface area contributed by atoms with Crippen LogP contribution < -0.4 is 5.32 Å². The molecule has 2 aromatic rings. The summed E-state index contributed by atoms with van der Waals surface area (Å²) in [6.45, 7) is 2.00. The predicted molar refractivity (Wildman–Crippen MR) is 96.3 cm³/mol.